The fraction of sp³-hybridized carbons (Fsp3) is 0.278. The Morgan fingerprint density at radius 2 is 2.07 bits per heavy atom. The summed E-state index contributed by atoms with van der Waals surface area (Å²) in [5, 5.41) is 13.1. The van der Waals surface area contributed by atoms with E-state index < -0.39 is 6.03 Å². The first-order valence-corrected chi connectivity index (χ1v) is 8.35. The summed E-state index contributed by atoms with van der Waals surface area (Å²) in [5.74, 6) is 0.465. The number of amides is 2. The highest BCUT2D eigenvalue weighted by molar-refractivity contribution is 5.92. The number of ether oxygens (including phenoxy) is 2. The fourth-order valence-corrected chi connectivity index (χ4v) is 2.47. The van der Waals surface area contributed by atoms with Gasteiger partial charge in [-0.15, -0.1) is 5.10 Å². The van der Waals surface area contributed by atoms with Crippen molar-refractivity contribution in [1.82, 2.24) is 20.5 Å². The Kier molecular flexibility index (Phi) is 5.82. The molecule has 27 heavy (non-hydrogen) atoms. The minimum absolute atomic E-state index is 0.290. The number of nitrogens with one attached hydrogen (secondary N) is 3. The van der Waals surface area contributed by atoms with Gasteiger partial charge in [-0.1, -0.05) is 12.1 Å². The van der Waals surface area contributed by atoms with Crippen molar-refractivity contribution in [2.45, 2.75) is 13.0 Å². The van der Waals surface area contributed by atoms with Gasteiger partial charge in [-0.25, -0.2) is 14.2 Å². The lowest BCUT2D eigenvalue weighted by molar-refractivity contribution is 0.144. The number of H-pyrrole nitrogens is 1. The third-order valence-corrected chi connectivity index (χ3v) is 3.90. The summed E-state index contributed by atoms with van der Waals surface area (Å²) in [6, 6.07) is 6.91. The maximum Gasteiger partial charge on any atom is 0.320 e. The molecule has 0 aliphatic carbocycles. The number of anilines is 1. The predicted octanol–water partition coefficient (Wildman–Crippen LogP) is 3.00. The molecule has 0 fully saturated rings. The number of benzene rings is 1. The number of carbonyl (C=O) groups is 1. The van der Waals surface area contributed by atoms with Gasteiger partial charge in [0, 0.05) is 19.4 Å². The summed E-state index contributed by atoms with van der Waals surface area (Å²) < 4.78 is 23.4. The smallest absolute Gasteiger partial charge is 0.320 e. The molecule has 0 saturated carbocycles. The summed E-state index contributed by atoms with van der Waals surface area (Å²) in [4.78, 5) is 16.4. The van der Waals surface area contributed by atoms with Crippen molar-refractivity contribution in [2.24, 2.45) is 0 Å². The molecule has 142 valence electrons. The molecule has 0 spiro atoms. The van der Waals surface area contributed by atoms with Crippen molar-refractivity contribution in [3.05, 3.63) is 47.9 Å². The Hall–Kier alpha value is -3.20. The maximum absolute atomic E-state index is 13.0. The molecule has 9 heteroatoms. The Bertz CT molecular complexity index is 913. The van der Waals surface area contributed by atoms with Crippen molar-refractivity contribution in [2.75, 3.05) is 25.6 Å². The van der Waals surface area contributed by atoms with Crippen molar-refractivity contribution < 1.29 is 18.7 Å². The van der Waals surface area contributed by atoms with Crippen LogP contribution in [0.2, 0.25) is 0 Å². The van der Waals surface area contributed by atoms with E-state index in [4.69, 9.17) is 9.47 Å². The van der Waals surface area contributed by atoms with Crippen LogP contribution >= 0.6 is 0 Å². The zero-order chi connectivity index (χ0) is 19.2. The second-order valence-electron chi connectivity index (χ2n) is 5.86. The van der Waals surface area contributed by atoms with Gasteiger partial charge in [0.25, 0.3) is 0 Å². The lowest BCUT2D eigenvalue weighted by atomic mass is 10.1. The average molecular weight is 373 g/mol. The third kappa shape index (κ3) is 4.70. The molecule has 3 rings (SSSR count). The molecule has 0 aliphatic heterocycles. The van der Waals surface area contributed by atoms with Crippen LogP contribution in [0.1, 0.15) is 18.5 Å². The Balaban J connectivity index is 1.62. The van der Waals surface area contributed by atoms with Crippen LogP contribution in [0, 0.1) is 5.82 Å². The highest BCUT2D eigenvalue weighted by atomic mass is 19.1. The Morgan fingerprint density at radius 3 is 2.81 bits per heavy atom. The monoisotopic (exact) mass is 373 g/mol. The number of rotatable bonds is 7. The molecule has 1 atom stereocenters. The first-order chi connectivity index (χ1) is 13.1. The summed E-state index contributed by atoms with van der Waals surface area (Å²) in [7, 11) is 1.59. The first-order valence-electron chi connectivity index (χ1n) is 8.35. The van der Waals surface area contributed by atoms with Gasteiger partial charge in [0.2, 0.25) is 5.88 Å². The first kappa shape index (κ1) is 18.6. The fourth-order valence-electron chi connectivity index (χ4n) is 2.47. The van der Waals surface area contributed by atoms with E-state index in [1.807, 2.05) is 6.92 Å². The maximum atomic E-state index is 13.0. The van der Waals surface area contributed by atoms with E-state index in [0.717, 1.165) is 5.56 Å². The predicted molar refractivity (Wildman–Crippen MR) is 98.2 cm³/mol. The van der Waals surface area contributed by atoms with E-state index >= 15 is 0 Å². The highest BCUT2D eigenvalue weighted by Crippen LogP contribution is 2.23. The van der Waals surface area contributed by atoms with Gasteiger partial charge in [-0.3, -0.25) is 10.4 Å². The lowest BCUT2D eigenvalue weighted by Gasteiger charge is -2.14. The standard InChI is InChI=1S/C18H20FN5O3/c1-11(12-3-5-13(19)6-4-12)21-18(25)22-16-9-15-14(10-20-16)17(24-23-15)27-8-7-26-2/h3-6,9-11H,7-8H2,1-2H3,(H,23,24)(H2,20,21,22,25). The summed E-state index contributed by atoms with van der Waals surface area (Å²) in [6.45, 7) is 2.63. The van der Waals surface area contributed by atoms with Crippen LogP contribution in [0.5, 0.6) is 5.88 Å². The molecular weight excluding hydrogens is 353 g/mol. The zero-order valence-corrected chi connectivity index (χ0v) is 15.0. The number of aromatic amines is 1. The molecule has 2 heterocycles. The highest BCUT2D eigenvalue weighted by Gasteiger charge is 2.12. The molecule has 1 unspecified atom stereocenters. The lowest BCUT2D eigenvalue weighted by Crippen LogP contribution is -2.31. The topological polar surface area (TPSA) is 101 Å². The second kappa shape index (κ2) is 8.45. The van der Waals surface area contributed by atoms with Crippen LogP contribution in [-0.2, 0) is 4.74 Å². The molecule has 0 radical (unpaired) electrons. The molecule has 0 aliphatic rings. The van der Waals surface area contributed by atoms with Crippen molar-refractivity contribution in [1.29, 1.82) is 0 Å². The summed E-state index contributed by atoms with van der Waals surface area (Å²) in [5.41, 5.74) is 1.47. The third-order valence-electron chi connectivity index (χ3n) is 3.90. The van der Waals surface area contributed by atoms with Gasteiger partial charge < -0.3 is 14.8 Å². The quantitative estimate of drug-likeness (QED) is 0.553. The van der Waals surface area contributed by atoms with Crippen LogP contribution in [0.4, 0.5) is 15.0 Å². The SMILES string of the molecule is COCCOc1n[nH]c2cc(NC(=O)NC(C)c3ccc(F)cc3)ncc12. The number of fused-ring (bicyclic) bond motifs is 1. The summed E-state index contributed by atoms with van der Waals surface area (Å²) in [6.07, 6.45) is 1.57. The van der Waals surface area contributed by atoms with E-state index in [0.29, 0.717) is 35.8 Å². The molecule has 0 bridgehead atoms. The van der Waals surface area contributed by atoms with Crippen LogP contribution in [0.3, 0.4) is 0 Å². The molecule has 0 saturated heterocycles. The van der Waals surface area contributed by atoms with Gasteiger partial charge in [0.15, 0.2) is 0 Å². The molecule has 3 aromatic rings. The van der Waals surface area contributed by atoms with Gasteiger partial charge >= 0.3 is 6.03 Å². The zero-order valence-electron chi connectivity index (χ0n) is 15.0. The Morgan fingerprint density at radius 1 is 1.30 bits per heavy atom. The second-order valence-corrected chi connectivity index (χ2v) is 5.86. The van der Waals surface area contributed by atoms with Gasteiger partial charge in [-0.05, 0) is 24.6 Å². The van der Waals surface area contributed by atoms with Crippen molar-refractivity contribution >= 4 is 22.8 Å². The van der Waals surface area contributed by atoms with Crippen LogP contribution in [0.25, 0.3) is 10.9 Å². The van der Waals surface area contributed by atoms with Crippen LogP contribution in [-0.4, -0.2) is 41.5 Å². The van der Waals surface area contributed by atoms with E-state index in [1.165, 1.54) is 12.1 Å². The number of methoxy groups -OCH3 is 1. The minimum Gasteiger partial charge on any atom is -0.474 e. The molecule has 8 nitrogen and oxygen atoms in total. The number of pyridine rings is 1. The molecule has 3 N–H and O–H groups in total. The number of urea groups is 1. The summed E-state index contributed by atoms with van der Waals surface area (Å²) >= 11 is 0. The number of hydrogen-bond donors (Lipinski definition) is 3. The van der Waals surface area contributed by atoms with Crippen molar-refractivity contribution in [3.63, 3.8) is 0 Å². The number of halogens is 1. The Labute approximate surface area is 155 Å². The van der Waals surface area contributed by atoms with Crippen molar-refractivity contribution in [3.8, 4) is 5.88 Å². The van der Waals surface area contributed by atoms with E-state index in [-0.39, 0.29) is 11.9 Å². The van der Waals surface area contributed by atoms with Crippen LogP contribution < -0.4 is 15.4 Å². The van der Waals surface area contributed by atoms with Gasteiger partial charge in [0.1, 0.15) is 18.2 Å². The number of hydrogen-bond acceptors (Lipinski definition) is 5. The average Bonchev–Trinajstić information content (AvgIpc) is 3.04. The van der Waals surface area contributed by atoms with E-state index in [1.54, 1.807) is 31.5 Å². The molecular formula is C18H20FN5O3. The van der Waals surface area contributed by atoms with Gasteiger partial charge in [-0.2, -0.15) is 0 Å². The molecule has 1 aromatic carbocycles. The number of carbonyl (C=O) groups excluding carboxylic acids is 1. The number of aromatic nitrogens is 3. The van der Waals surface area contributed by atoms with E-state index in [2.05, 4.69) is 25.8 Å². The molecule has 2 aromatic heterocycles. The number of nitrogens with zero attached hydrogens (tertiary/aromatic N) is 2. The minimum atomic E-state index is -0.422. The van der Waals surface area contributed by atoms with E-state index in [9.17, 15) is 9.18 Å². The largest absolute Gasteiger partial charge is 0.474 e. The van der Waals surface area contributed by atoms with Crippen LogP contribution in [0.15, 0.2) is 36.5 Å². The van der Waals surface area contributed by atoms with Gasteiger partial charge in [0.05, 0.1) is 23.6 Å². The molecule has 2 amide bonds. The normalized spacial score (nSPS) is 12.0.